The maximum Gasteiger partial charge on any atom is 0.240 e. The fourth-order valence-electron chi connectivity index (χ4n) is 2.76. The molecular formula is C22H23ClN2O3S. The summed E-state index contributed by atoms with van der Waals surface area (Å²) in [6.07, 6.45) is 1.49. The molecule has 0 radical (unpaired) electrons. The first kappa shape index (κ1) is 21.2. The van der Waals surface area contributed by atoms with Gasteiger partial charge >= 0.3 is 0 Å². The average Bonchev–Trinajstić information content (AvgIpc) is 2.73. The number of hydrogen-bond acceptors (Lipinski definition) is 4. The summed E-state index contributed by atoms with van der Waals surface area (Å²) in [6, 6.07) is 21.6. The zero-order valence-corrected chi connectivity index (χ0v) is 17.6. The minimum absolute atomic E-state index is 0.192. The van der Waals surface area contributed by atoms with Crippen molar-refractivity contribution in [3.63, 3.8) is 0 Å². The third-order valence-corrected chi connectivity index (χ3v) is 6.08. The maximum atomic E-state index is 12.3. The second kappa shape index (κ2) is 9.78. The lowest BCUT2D eigenvalue weighted by atomic mass is 10.1. The van der Waals surface area contributed by atoms with Crippen molar-refractivity contribution in [1.82, 2.24) is 4.72 Å². The lowest BCUT2D eigenvalue weighted by Gasteiger charge is -2.11. The van der Waals surface area contributed by atoms with Crippen LogP contribution in [0.25, 0.3) is 0 Å². The van der Waals surface area contributed by atoms with E-state index in [-0.39, 0.29) is 11.4 Å². The lowest BCUT2D eigenvalue weighted by Crippen LogP contribution is -2.25. The summed E-state index contributed by atoms with van der Waals surface area (Å²) in [5.41, 5.74) is 6.01. The van der Waals surface area contributed by atoms with Gasteiger partial charge in [0, 0.05) is 11.6 Å². The highest BCUT2D eigenvalue weighted by Gasteiger charge is 2.13. The van der Waals surface area contributed by atoms with E-state index in [0.29, 0.717) is 17.2 Å². The van der Waals surface area contributed by atoms with Crippen molar-refractivity contribution in [2.45, 2.75) is 24.7 Å². The van der Waals surface area contributed by atoms with E-state index < -0.39 is 10.0 Å². The Labute approximate surface area is 176 Å². The first-order valence-electron chi connectivity index (χ1n) is 9.32. The molecule has 0 fully saturated rings. The molecule has 0 atom stereocenters. The van der Waals surface area contributed by atoms with Crippen LogP contribution >= 0.6 is 11.6 Å². The molecule has 0 spiro atoms. The summed E-state index contributed by atoms with van der Waals surface area (Å²) < 4.78 is 27.3. The number of sulfonamides is 1. The molecule has 0 aromatic heterocycles. The van der Waals surface area contributed by atoms with Gasteiger partial charge in [0.2, 0.25) is 10.0 Å². The number of rotatable bonds is 9. The van der Waals surface area contributed by atoms with Gasteiger partial charge in [-0.3, -0.25) is 0 Å². The Morgan fingerprint density at radius 2 is 1.66 bits per heavy atom. The molecule has 0 saturated carbocycles. The van der Waals surface area contributed by atoms with Gasteiger partial charge in [0.25, 0.3) is 0 Å². The Balaban J connectivity index is 1.55. The lowest BCUT2D eigenvalue weighted by molar-refractivity contribution is 0.404. The van der Waals surface area contributed by atoms with E-state index in [1.165, 1.54) is 17.7 Å². The molecular weight excluding hydrogens is 408 g/mol. The fraction of sp³-hybridized carbons (Fsp3) is 0.182. The van der Waals surface area contributed by atoms with Crippen molar-refractivity contribution >= 4 is 27.3 Å². The standard InChI is InChI=1S/C22H23ClN2O3S/c1-2-17-5-3-7-20(15-17)25-28-21-8-4-6-18(16-21)13-14-24-29(26,27)22-11-9-19(23)10-12-22/h3-12,15-16,24-25H,2,13-14H2,1H3. The summed E-state index contributed by atoms with van der Waals surface area (Å²) in [4.78, 5) is 5.85. The summed E-state index contributed by atoms with van der Waals surface area (Å²) in [5, 5.41) is 0.496. The molecule has 3 aromatic carbocycles. The maximum absolute atomic E-state index is 12.3. The molecule has 0 aliphatic carbocycles. The number of hydrogen-bond donors (Lipinski definition) is 2. The summed E-state index contributed by atoms with van der Waals surface area (Å²) >= 11 is 5.81. The SMILES string of the molecule is CCc1cccc(NOc2cccc(CCNS(=O)(=O)c3ccc(Cl)cc3)c2)c1. The summed E-state index contributed by atoms with van der Waals surface area (Å²) in [5.74, 6) is 0.657. The quantitative estimate of drug-likeness (QED) is 0.477. The van der Waals surface area contributed by atoms with Crippen molar-refractivity contribution in [3.8, 4) is 5.75 Å². The molecule has 2 N–H and O–H groups in total. The van der Waals surface area contributed by atoms with Crippen LogP contribution in [0.1, 0.15) is 18.1 Å². The van der Waals surface area contributed by atoms with Gasteiger partial charge in [-0.1, -0.05) is 42.8 Å². The second-order valence-electron chi connectivity index (χ2n) is 6.51. The molecule has 0 bridgehead atoms. The monoisotopic (exact) mass is 430 g/mol. The van der Waals surface area contributed by atoms with E-state index in [9.17, 15) is 8.42 Å². The van der Waals surface area contributed by atoms with Crippen LogP contribution in [0.3, 0.4) is 0 Å². The van der Waals surface area contributed by atoms with Crippen LogP contribution in [-0.4, -0.2) is 15.0 Å². The minimum atomic E-state index is -3.56. The van der Waals surface area contributed by atoms with Crippen molar-refractivity contribution < 1.29 is 13.3 Å². The zero-order chi connectivity index (χ0) is 20.7. The zero-order valence-electron chi connectivity index (χ0n) is 16.1. The molecule has 0 unspecified atom stereocenters. The van der Waals surface area contributed by atoms with Crippen LogP contribution in [0.2, 0.25) is 5.02 Å². The Hall–Kier alpha value is -2.54. The third-order valence-electron chi connectivity index (χ3n) is 4.35. The van der Waals surface area contributed by atoms with Crippen molar-refractivity contribution in [2.75, 3.05) is 12.0 Å². The van der Waals surface area contributed by atoms with Gasteiger partial charge in [0.05, 0.1) is 10.6 Å². The van der Waals surface area contributed by atoms with E-state index in [1.807, 2.05) is 42.5 Å². The highest BCUT2D eigenvalue weighted by atomic mass is 35.5. The Kier molecular flexibility index (Phi) is 7.14. The van der Waals surface area contributed by atoms with Gasteiger partial charge in [-0.25, -0.2) is 18.6 Å². The van der Waals surface area contributed by atoms with Crippen LogP contribution in [0, 0.1) is 0 Å². The highest BCUT2D eigenvalue weighted by molar-refractivity contribution is 7.89. The normalized spacial score (nSPS) is 11.2. The number of aryl methyl sites for hydroxylation is 1. The average molecular weight is 431 g/mol. The van der Waals surface area contributed by atoms with E-state index in [4.69, 9.17) is 16.4 Å². The first-order valence-corrected chi connectivity index (χ1v) is 11.2. The van der Waals surface area contributed by atoms with Crippen LogP contribution in [0.4, 0.5) is 5.69 Å². The molecule has 3 aromatic rings. The van der Waals surface area contributed by atoms with Crippen molar-refractivity contribution in [3.05, 3.63) is 88.9 Å². The van der Waals surface area contributed by atoms with Crippen molar-refractivity contribution in [1.29, 1.82) is 0 Å². The van der Waals surface area contributed by atoms with Gasteiger partial charge < -0.3 is 4.84 Å². The third kappa shape index (κ3) is 6.22. The molecule has 3 rings (SSSR count). The molecule has 5 nitrogen and oxygen atoms in total. The Morgan fingerprint density at radius 1 is 0.931 bits per heavy atom. The number of nitrogens with one attached hydrogen (secondary N) is 2. The molecule has 0 heterocycles. The topological polar surface area (TPSA) is 67.4 Å². The minimum Gasteiger partial charge on any atom is -0.382 e. The largest absolute Gasteiger partial charge is 0.382 e. The van der Waals surface area contributed by atoms with Crippen molar-refractivity contribution in [2.24, 2.45) is 0 Å². The van der Waals surface area contributed by atoms with Crippen LogP contribution in [0.15, 0.2) is 77.7 Å². The molecule has 29 heavy (non-hydrogen) atoms. The van der Waals surface area contributed by atoms with E-state index in [1.54, 1.807) is 12.1 Å². The molecule has 0 aliphatic rings. The summed E-state index contributed by atoms with van der Waals surface area (Å²) in [7, 11) is -3.56. The fourth-order valence-corrected chi connectivity index (χ4v) is 3.92. The predicted molar refractivity (Wildman–Crippen MR) is 117 cm³/mol. The Morgan fingerprint density at radius 3 is 2.41 bits per heavy atom. The van der Waals surface area contributed by atoms with Gasteiger partial charge in [-0.05, 0) is 72.5 Å². The van der Waals surface area contributed by atoms with Gasteiger partial charge in [0.1, 0.15) is 0 Å². The highest BCUT2D eigenvalue weighted by Crippen LogP contribution is 2.17. The van der Waals surface area contributed by atoms with Crippen LogP contribution < -0.4 is 15.0 Å². The number of benzene rings is 3. The Bertz CT molecular complexity index is 1050. The van der Waals surface area contributed by atoms with Crippen LogP contribution in [0.5, 0.6) is 5.75 Å². The van der Waals surface area contributed by atoms with E-state index >= 15 is 0 Å². The smallest absolute Gasteiger partial charge is 0.240 e. The summed E-state index contributed by atoms with van der Waals surface area (Å²) in [6.45, 7) is 2.38. The molecule has 7 heteroatoms. The molecule has 0 amide bonds. The van der Waals surface area contributed by atoms with Gasteiger partial charge in [-0.15, -0.1) is 0 Å². The second-order valence-corrected chi connectivity index (χ2v) is 8.71. The molecule has 152 valence electrons. The number of anilines is 1. The first-order chi connectivity index (χ1) is 14.0. The van der Waals surface area contributed by atoms with Gasteiger partial charge in [-0.2, -0.15) is 0 Å². The molecule has 0 aliphatic heterocycles. The number of halogens is 1. The van der Waals surface area contributed by atoms with Crippen LogP contribution in [-0.2, 0) is 22.9 Å². The van der Waals surface area contributed by atoms with E-state index in [2.05, 4.69) is 23.2 Å². The van der Waals surface area contributed by atoms with E-state index in [0.717, 1.165) is 17.7 Å². The van der Waals surface area contributed by atoms with Gasteiger partial charge in [0.15, 0.2) is 5.75 Å². The predicted octanol–water partition coefficient (Wildman–Crippen LogP) is 4.83. The molecule has 0 saturated heterocycles.